The molecule has 124 valence electrons. The van der Waals surface area contributed by atoms with Crippen LogP contribution in [0.5, 0.6) is 17.2 Å². The lowest BCUT2D eigenvalue weighted by molar-refractivity contribution is 0.0600. The highest BCUT2D eigenvalue weighted by molar-refractivity contribution is 6.04. The van der Waals surface area contributed by atoms with Crippen molar-refractivity contribution >= 4 is 22.8 Å². The first kappa shape index (κ1) is 15.3. The van der Waals surface area contributed by atoms with Gasteiger partial charge >= 0.3 is 5.97 Å². The fourth-order valence-electron chi connectivity index (χ4n) is 2.95. The lowest BCUT2D eigenvalue weighted by atomic mass is 9.97. The minimum absolute atomic E-state index is 0.386. The van der Waals surface area contributed by atoms with Crippen LogP contribution in [0.25, 0.3) is 16.8 Å². The number of ether oxygens (including phenoxy) is 3. The molecular formula is C21H16O4. The van der Waals surface area contributed by atoms with Gasteiger partial charge in [-0.15, -0.1) is 0 Å². The van der Waals surface area contributed by atoms with Gasteiger partial charge in [0.15, 0.2) is 0 Å². The minimum Gasteiger partial charge on any atom is -0.488 e. The summed E-state index contributed by atoms with van der Waals surface area (Å²) in [6.45, 7) is 0.481. The summed E-state index contributed by atoms with van der Waals surface area (Å²) in [7, 11) is 1.38. The number of fused-ring (bicyclic) bond motifs is 3. The lowest BCUT2D eigenvalue weighted by Gasteiger charge is -2.18. The van der Waals surface area contributed by atoms with Crippen LogP contribution in [0.4, 0.5) is 0 Å². The number of hydrogen-bond donors (Lipinski definition) is 0. The summed E-state index contributed by atoms with van der Waals surface area (Å²) in [5, 5.41) is 1.80. The van der Waals surface area contributed by atoms with E-state index in [-0.39, 0.29) is 5.97 Å². The van der Waals surface area contributed by atoms with Gasteiger partial charge < -0.3 is 14.2 Å². The lowest BCUT2D eigenvalue weighted by Crippen LogP contribution is -2.09. The van der Waals surface area contributed by atoms with E-state index >= 15 is 0 Å². The second-order valence-electron chi connectivity index (χ2n) is 5.67. The van der Waals surface area contributed by atoms with Crippen LogP contribution in [0, 0.1) is 0 Å². The molecule has 0 atom stereocenters. The van der Waals surface area contributed by atoms with Crippen molar-refractivity contribution in [2.45, 2.75) is 0 Å². The maximum absolute atomic E-state index is 12.2. The Morgan fingerprint density at radius 2 is 1.88 bits per heavy atom. The van der Waals surface area contributed by atoms with E-state index in [9.17, 15) is 4.79 Å². The van der Waals surface area contributed by atoms with E-state index in [1.54, 1.807) is 0 Å². The summed E-state index contributed by atoms with van der Waals surface area (Å²) >= 11 is 0. The molecule has 4 nitrogen and oxygen atoms in total. The third-order valence-electron chi connectivity index (χ3n) is 4.09. The van der Waals surface area contributed by atoms with Gasteiger partial charge in [-0.25, -0.2) is 4.79 Å². The molecule has 0 saturated heterocycles. The summed E-state index contributed by atoms with van der Waals surface area (Å²) in [6.07, 6.45) is 3.78. The van der Waals surface area contributed by atoms with Gasteiger partial charge in [0.2, 0.25) is 0 Å². The molecule has 3 aromatic carbocycles. The van der Waals surface area contributed by atoms with E-state index in [1.807, 2.05) is 66.7 Å². The molecule has 3 aromatic rings. The highest BCUT2D eigenvalue weighted by Crippen LogP contribution is 2.38. The summed E-state index contributed by atoms with van der Waals surface area (Å²) in [4.78, 5) is 12.2. The molecule has 25 heavy (non-hydrogen) atoms. The van der Waals surface area contributed by atoms with Crippen LogP contribution in [0.3, 0.4) is 0 Å². The third kappa shape index (κ3) is 2.83. The Balaban J connectivity index is 1.84. The molecular weight excluding hydrogens is 316 g/mol. The van der Waals surface area contributed by atoms with Crippen molar-refractivity contribution in [3.63, 3.8) is 0 Å². The highest BCUT2D eigenvalue weighted by atomic mass is 16.5. The van der Waals surface area contributed by atoms with Crippen molar-refractivity contribution in [2.75, 3.05) is 13.7 Å². The largest absolute Gasteiger partial charge is 0.488 e. The molecule has 0 radical (unpaired) electrons. The number of benzene rings is 3. The molecule has 0 spiro atoms. The van der Waals surface area contributed by atoms with Crippen molar-refractivity contribution in [3.05, 3.63) is 71.8 Å². The maximum atomic E-state index is 12.2. The van der Waals surface area contributed by atoms with Gasteiger partial charge in [0.05, 0.1) is 12.7 Å². The van der Waals surface area contributed by atoms with Gasteiger partial charge in [-0.3, -0.25) is 0 Å². The number of carbonyl (C=O) groups is 1. The predicted octanol–water partition coefficient (Wildman–Crippen LogP) is 4.82. The third-order valence-corrected chi connectivity index (χ3v) is 4.09. The number of hydrogen-bond acceptors (Lipinski definition) is 4. The van der Waals surface area contributed by atoms with E-state index in [0.717, 1.165) is 22.1 Å². The molecule has 0 unspecified atom stereocenters. The average Bonchev–Trinajstić information content (AvgIpc) is 2.67. The minimum atomic E-state index is -0.386. The molecule has 4 rings (SSSR count). The SMILES string of the molecule is COC(=O)c1cc2cc(Oc3ccccc3)ccc2c2c1C=CCO2. The zero-order valence-electron chi connectivity index (χ0n) is 13.7. The van der Waals surface area contributed by atoms with Crippen LogP contribution in [0.15, 0.2) is 60.7 Å². The van der Waals surface area contributed by atoms with Crippen LogP contribution in [0.1, 0.15) is 15.9 Å². The zero-order chi connectivity index (χ0) is 17.2. The zero-order valence-corrected chi connectivity index (χ0v) is 13.7. The topological polar surface area (TPSA) is 44.8 Å². The van der Waals surface area contributed by atoms with Crippen LogP contribution in [0.2, 0.25) is 0 Å². The summed E-state index contributed by atoms with van der Waals surface area (Å²) < 4.78 is 16.6. The molecule has 1 aliphatic rings. The summed E-state index contributed by atoms with van der Waals surface area (Å²) in [6, 6.07) is 17.1. The molecule has 4 heteroatoms. The van der Waals surface area contributed by atoms with Gasteiger partial charge in [0.1, 0.15) is 23.9 Å². The quantitative estimate of drug-likeness (QED) is 0.645. The Morgan fingerprint density at radius 1 is 1.04 bits per heavy atom. The first-order valence-corrected chi connectivity index (χ1v) is 7.97. The molecule has 1 aliphatic heterocycles. The molecule has 0 aromatic heterocycles. The van der Waals surface area contributed by atoms with E-state index < -0.39 is 0 Å². The summed E-state index contributed by atoms with van der Waals surface area (Å²) in [5.74, 6) is 1.77. The van der Waals surface area contributed by atoms with Crippen LogP contribution in [-0.4, -0.2) is 19.7 Å². The molecule has 0 aliphatic carbocycles. The second kappa shape index (κ2) is 6.32. The second-order valence-corrected chi connectivity index (χ2v) is 5.67. The first-order valence-electron chi connectivity index (χ1n) is 7.97. The van der Waals surface area contributed by atoms with Gasteiger partial charge in [0, 0.05) is 10.9 Å². The van der Waals surface area contributed by atoms with Crippen molar-refractivity contribution in [1.29, 1.82) is 0 Å². The van der Waals surface area contributed by atoms with Gasteiger partial charge in [0.25, 0.3) is 0 Å². The van der Waals surface area contributed by atoms with E-state index in [4.69, 9.17) is 14.2 Å². The van der Waals surface area contributed by atoms with E-state index in [1.165, 1.54) is 7.11 Å². The molecule has 0 amide bonds. The van der Waals surface area contributed by atoms with Crippen molar-refractivity contribution in [3.8, 4) is 17.2 Å². The number of esters is 1. The number of methoxy groups -OCH3 is 1. The van der Waals surface area contributed by atoms with Crippen molar-refractivity contribution in [2.24, 2.45) is 0 Å². The number of para-hydroxylation sites is 1. The first-order chi connectivity index (χ1) is 12.3. The van der Waals surface area contributed by atoms with Crippen LogP contribution < -0.4 is 9.47 Å². The molecule has 1 heterocycles. The highest BCUT2D eigenvalue weighted by Gasteiger charge is 2.20. The van der Waals surface area contributed by atoms with Gasteiger partial charge in [-0.05, 0) is 47.9 Å². The fourth-order valence-corrected chi connectivity index (χ4v) is 2.95. The maximum Gasteiger partial charge on any atom is 0.338 e. The molecule has 0 N–H and O–H groups in total. The Morgan fingerprint density at radius 3 is 2.68 bits per heavy atom. The van der Waals surface area contributed by atoms with Crippen molar-refractivity contribution in [1.82, 2.24) is 0 Å². The average molecular weight is 332 g/mol. The Bertz CT molecular complexity index is 974. The number of rotatable bonds is 3. The number of carbonyl (C=O) groups excluding carboxylic acids is 1. The Kier molecular flexibility index (Phi) is 3.86. The molecule has 0 saturated carbocycles. The fraction of sp³-hybridized carbons (Fsp3) is 0.0952. The van der Waals surface area contributed by atoms with Crippen LogP contribution >= 0.6 is 0 Å². The van der Waals surface area contributed by atoms with E-state index in [0.29, 0.717) is 23.7 Å². The Hall–Kier alpha value is -3.27. The summed E-state index contributed by atoms with van der Waals surface area (Å²) in [5.41, 5.74) is 1.24. The smallest absolute Gasteiger partial charge is 0.338 e. The standard InChI is InChI=1S/C21H16O4/c1-23-21(22)19-13-14-12-16(25-15-6-3-2-4-7-15)9-10-17(14)20-18(19)8-5-11-24-20/h2-10,12-13H,11H2,1H3. The molecule has 0 bridgehead atoms. The normalized spacial score (nSPS) is 12.4. The predicted molar refractivity (Wildman–Crippen MR) is 96.3 cm³/mol. The van der Waals surface area contributed by atoms with Gasteiger partial charge in [-0.1, -0.05) is 24.3 Å². The van der Waals surface area contributed by atoms with E-state index in [2.05, 4.69) is 0 Å². The molecule has 0 fully saturated rings. The van der Waals surface area contributed by atoms with Crippen LogP contribution in [-0.2, 0) is 4.74 Å². The van der Waals surface area contributed by atoms with Gasteiger partial charge in [-0.2, -0.15) is 0 Å². The van der Waals surface area contributed by atoms with Crippen molar-refractivity contribution < 1.29 is 19.0 Å². The Labute approximate surface area is 145 Å². The monoisotopic (exact) mass is 332 g/mol.